The third-order valence-electron chi connectivity index (χ3n) is 4.55. The summed E-state index contributed by atoms with van der Waals surface area (Å²) in [5, 5.41) is 27.8. The molecular formula is C22H19ClF3N5O5. The number of amides is 1. The van der Waals surface area contributed by atoms with Crippen molar-refractivity contribution in [2.45, 2.75) is 18.6 Å². The monoisotopic (exact) mass is 525 g/mol. The number of guanidine groups is 1. The fourth-order valence-corrected chi connectivity index (χ4v) is 3.01. The van der Waals surface area contributed by atoms with Crippen molar-refractivity contribution in [1.82, 2.24) is 10.3 Å². The number of pyridine rings is 1. The Morgan fingerprint density at radius 3 is 2.25 bits per heavy atom. The summed E-state index contributed by atoms with van der Waals surface area (Å²) in [6.45, 7) is 0. The highest BCUT2D eigenvalue weighted by Crippen LogP contribution is 2.27. The molecule has 3 rings (SSSR count). The fourth-order valence-electron chi connectivity index (χ4n) is 2.88. The summed E-state index contributed by atoms with van der Waals surface area (Å²) in [5.74, 6) is -4.76. The Hall–Kier alpha value is -4.39. The molecule has 1 amide bonds. The van der Waals surface area contributed by atoms with Crippen molar-refractivity contribution in [2.24, 2.45) is 5.73 Å². The summed E-state index contributed by atoms with van der Waals surface area (Å²) in [6.07, 6.45) is -1.92. The molecular weight excluding hydrogens is 507 g/mol. The number of aliphatic carboxylic acids is 2. The first kappa shape index (κ1) is 27.9. The van der Waals surface area contributed by atoms with Crippen LogP contribution in [0.1, 0.15) is 15.9 Å². The van der Waals surface area contributed by atoms with Crippen molar-refractivity contribution in [3.05, 3.63) is 72.1 Å². The topological polar surface area (TPSA) is 170 Å². The van der Waals surface area contributed by atoms with Gasteiger partial charge >= 0.3 is 18.1 Å². The van der Waals surface area contributed by atoms with Gasteiger partial charge in [-0.05, 0) is 17.7 Å². The first-order valence-corrected chi connectivity index (χ1v) is 10.2. The predicted octanol–water partition coefficient (Wildman–Crippen LogP) is 3.15. The van der Waals surface area contributed by atoms with Crippen LogP contribution in [0.25, 0.3) is 10.8 Å². The smallest absolute Gasteiger partial charge is 0.480 e. The van der Waals surface area contributed by atoms with Gasteiger partial charge in [-0.15, -0.1) is 0 Å². The minimum Gasteiger partial charge on any atom is -0.480 e. The summed E-state index contributed by atoms with van der Waals surface area (Å²) >= 11 is 6.00. The number of nitrogens with one attached hydrogen (secondary N) is 2. The molecule has 0 radical (unpaired) electrons. The normalized spacial score (nSPS) is 11.6. The van der Waals surface area contributed by atoms with Crippen LogP contribution in [0.2, 0.25) is 0 Å². The molecule has 14 heteroatoms. The van der Waals surface area contributed by atoms with Crippen LogP contribution < -0.4 is 15.5 Å². The number of nitrogens with two attached hydrogens (primary N) is 1. The highest BCUT2D eigenvalue weighted by Gasteiger charge is 2.38. The molecule has 0 fully saturated rings. The maximum absolute atomic E-state index is 12.6. The van der Waals surface area contributed by atoms with Crippen LogP contribution in [-0.4, -0.2) is 51.2 Å². The maximum atomic E-state index is 12.6. The standard InChI is InChI=1S/C20H18ClN5O3.C2HF3O2/c21-26(20(22)23)17-11-24-10-14-9-13(6-7-15(14)17)18(27)25-16(19(28)29)8-12-4-2-1-3-5-12;3-2(4,5)1(6)7/h1-7,9-11,16H,8H2,(H3,22,23)(H,25,27)(H,28,29);(H,6,7)/t16-;/m0./s1. The molecule has 0 bridgehead atoms. The average molecular weight is 526 g/mol. The summed E-state index contributed by atoms with van der Waals surface area (Å²) < 4.78 is 32.7. The van der Waals surface area contributed by atoms with E-state index in [-0.39, 0.29) is 17.9 Å². The second kappa shape index (κ2) is 11.8. The highest BCUT2D eigenvalue weighted by atomic mass is 35.5. The Bertz CT molecular complexity index is 1270. The molecule has 1 atom stereocenters. The van der Waals surface area contributed by atoms with Gasteiger partial charge in [-0.3, -0.25) is 15.2 Å². The van der Waals surface area contributed by atoms with E-state index in [1.165, 1.54) is 6.20 Å². The molecule has 0 aliphatic carbocycles. The lowest BCUT2D eigenvalue weighted by molar-refractivity contribution is -0.192. The number of aromatic nitrogens is 1. The van der Waals surface area contributed by atoms with E-state index in [1.54, 1.807) is 36.5 Å². The molecule has 1 heterocycles. The van der Waals surface area contributed by atoms with E-state index in [1.807, 2.05) is 18.2 Å². The molecule has 3 aromatic rings. The molecule has 6 N–H and O–H groups in total. The third-order valence-corrected chi connectivity index (χ3v) is 4.92. The number of halogens is 4. The Morgan fingerprint density at radius 2 is 1.72 bits per heavy atom. The second-order valence-electron chi connectivity index (χ2n) is 7.12. The van der Waals surface area contributed by atoms with Crippen LogP contribution in [0.3, 0.4) is 0 Å². The van der Waals surface area contributed by atoms with E-state index in [4.69, 9.17) is 32.8 Å². The molecule has 190 valence electrons. The minimum atomic E-state index is -5.08. The number of fused-ring (bicyclic) bond motifs is 1. The lowest BCUT2D eigenvalue weighted by Crippen LogP contribution is -2.42. The quantitative estimate of drug-likeness (QED) is 0.186. The van der Waals surface area contributed by atoms with Gasteiger partial charge in [-0.2, -0.15) is 13.2 Å². The van der Waals surface area contributed by atoms with Crippen LogP contribution in [-0.2, 0) is 16.0 Å². The van der Waals surface area contributed by atoms with Gasteiger partial charge in [0.2, 0.25) is 5.96 Å². The van der Waals surface area contributed by atoms with E-state index in [9.17, 15) is 27.9 Å². The summed E-state index contributed by atoms with van der Waals surface area (Å²) in [7, 11) is 0. The predicted molar refractivity (Wildman–Crippen MR) is 125 cm³/mol. The largest absolute Gasteiger partial charge is 0.490 e. The van der Waals surface area contributed by atoms with Gasteiger partial charge in [0.1, 0.15) is 6.04 Å². The number of nitrogens with zero attached hydrogens (tertiary/aromatic N) is 2. The van der Waals surface area contributed by atoms with Crippen LogP contribution in [0.15, 0.2) is 60.9 Å². The van der Waals surface area contributed by atoms with Gasteiger partial charge in [-0.25, -0.2) is 14.0 Å². The number of rotatable bonds is 6. The van der Waals surface area contributed by atoms with E-state index in [0.29, 0.717) is 16.5 Å². The highest BCUT2D eigenvalue weighted by molar-refractivity contribution is 6.38. The zero-order valence-electron chi connectivity index (χ0n) is 18.2. The first-order valence-electron chi connectivity index (χ1n) is 9.86. The molecule has 1 aromatic heterocycles. The SMILES string of the molecule is N=C(N)N(Cl)c1cncc2cc(C(=O)N[C@@H](Cc3ccccc3)C(=O)O)ccc12.O=C(O)C(F)(F)F. The third kappa shape index (κ3) is 7.56. The molecule has 0 saturated heterocycles. The molecule has 0 unspecified atom stereocenters. The van der Waals surface area contributed by atoms with Gasteiger partial charge in [0.05, 0.1) is 11.9 Å². The maximum Gasteiger partial charge on any atom is 0.490 e. The Labute approximate surface area is 206 Å². The zero-order chi connectivity index (χ0) is 27.0. The Kier molecular flexibility index (Phi) is 9.16. The number of anilines is 1. The molecule has 0 saturated carbocycles. The lowest BCUT2D eigenvalue weighted by Gasteiger charge is -2.17. The van der Waals surface area contributed by atoms with E-state index in [0.717, 1.165) is 9.98 Å². The number of carboxylic acid groups (broad SMARTS) is 2. The fraction of sp³-hybridized carbons (Fsp3) is 0.136. The minimum absolute atomic E-state index is 0.168. The van der Waals surface area contributed by atoms with Crippen molar-refractivity contribution < 1.29 is 37.8 Å². The molecule has 0 spiro atoms. The number of hydrogen-bond acceptors (Lipinski definition) is 5. The van der Waals surface area contributed by atoms with Crippen molar-refractivity contribution in [1.29, 1.82) is 5.41 Å². The van der Waals surface area contributed by atoms with E-state index in [2.05, 4.69) is 10.3 Å². The summed E-state index contributed by atoms with van der Waals surface area (Å²) in [4.78, 5) is 37.2. The zero-order valence-corrected chi connectivity index (χ0v) is 18.9. The van der Waals surface area contributed by atoms with Crippen molar-refractivity contribution >= 4 is 52.0 Å². The van der Waals surface area contributed by atoms with Gasteiger partial charge in [0.15, 0.2) is 0 Å². The number of carbonyl (C=O) groups excluding carboxylic acids is 1. The number of alkyl halides is 3. The van der Waals surface area contributed by atoms with E-state index >= 15 is 0 Å². The van der Waals surface area contributed by atoms with Gasteiger partial charge in [0, 0.05) is 40.7 Å². The molecule has 36 heavy (non-hydrogen) atoms. The second-order valence-corrected chi connectivity index (χ2v) is 7.46. The van der Waals surface area contributed by atoms with Crippen LogP contribution in [0, 0.1) is 5.41 Å². The molecule has 0 aliphatic heterocycles. The number of carboxylic acids is 2. The summed E-state index contributed by atoms with van der Waals surface area (Å²) in [5.41, 5.74) is 6.89. The van der Waals surface area contributed by atoms with Crippen LogP contribution in [0.5, 0.6) is 0 Å². The number of benzene rings is 2. The van der Waals surface area contributed by atoms with Crippen molar-refractivity contribution in [3.8, 4) is 0 Å². The number of hydrogen-bond donors (Lipinski definition) is 5. The Balaban J connectivity index is 0.000000572. The average Bonchev–Trinajstić information content (AvgIpc) is 2.82. The van der Waals surface area contributed by atoms with E-state index < -0.39 is 30.1 Å². The van der Waals surface area contributed by atoms with Gasteiger partial charge < -0.3 is 21.3 Å². The number of carbonyl (C=O) groups is 3. The van der Waals surface area contributed by atoms with Crippen LogP contribution >= 0.6 is 11.8 Å². The van der Waals surface area contributed by atoms with Crippen molar-refractivity contribution in [2.75, 3.05) is 4.42 Å². The van der Waals surface area contributed by atoms with Crippen molar-refractivity contribution in [3.63, 3.8) is 0 Å². The van der Waals surface area contributed by atoms with Gasteiger partial charge in [-0.1, -0.05) is 36.4 Å². The molecule has 10 nitrogen and oxygen atoms in total. The first-order chi connectivity index (χ1) is 16.8. The van der Waals surface area contributed by atoms with Gasteiger partial charge in [0.25, 0.3) is 5.91 Å². The molecule has 2 aromatic carbocycles. The lowest BCUT2D eigenvalue weighted by atomic mass is 10.0. The summed E-state index contributed by atoms with van der Waals surface area (Å²) in [6, 6.07) is 12.8. The van der Waals surface area contributed by atoms with Crippen LogP contribution in [0.4, 0.5) is 18.9 Å². The molecule has 0 aliphatic rings. The Morgan fingerprint density at radius 1 is 1.11 bits per heavy atom.